The molecule has 102 valence electrons. The van der Waals surface area contributed by atoms with Crippen molar-refractivity contribution in [2.24, 2.45) is 5.41 Å². The minimum Gasteiger partial charge on any atom is -0.314 e. The van der Waals surface area contributed by atoms with Crippen LogP contribution < -0.4 is 5.32 Å². The summed E-state index contributed by atoms with van der Waals surface area (Å²) in [5.41, 5.74) is 1.37. The highest BCUT2D eigenvalue weighted by Gasteiger charge is 2.18. The molecular formula is C16H26FN. The third kappa shape index (κ3) is 6.15. The van der Waals surface area contributed by atoms with E-state index >= 15 is 0 Å². The Kier molecular flexibility index (Phi) is 5.80. The first-order valence-corrected chi connectivity index (χ1v) is 6.88. The molecule has 1 unspecified atom stereocenters. The van der Waals surface area contributed by atoms with E-state index < -0.39 is 0 Å². The van der Waals surface area contributed by atoms with Crippen LogP contribution in [0.1, 0.15) is 46.1 Å². The Hall–Kier alpha value is -0.890. The number of benzene rings is 1. The Morgan fingerprint density at radius 3 is 2.56 bits per heavy atom. The third-order valence-electron chi connectivity index (χ3n) is 2.91. The van der Waals surface area contributed by atoms with Crippen molar-refractivity contribution in [3.8, 4) is 0 Å². The van der Waals surface area contributed by atoms with Crippen LogP contribution in [0.5, 0.6) is 0 Å². The number of hydrogen-bond acceptors (Lipinski definition) is 1. The van der Waals surface area contributed by atoms with Crippen molar-refractivity contribution < 1.29 is 4.39 Å². The number of nitrogens with one attached hydrogen (secondary N) is 1. The van der Waals surface area contributed by atoms with E-state index in [1.807, 2.05) is 6.07 Å². The molecule has 18 heavy (non-hydrogen) atoms. The van der Waals surface area contributed by atoms with Gasteiger partial charge < -0.3 is 5.32 Å². The van der Waals surface area contributed by atoms with E-state index in [-0.39, 0.29) is 5.82 Å². The highest BCUT2D eigenvalue weighted by atomic mass is 19.1. The van der Waals surface area contributed by atoms with Crippen LogP contribution in [-0.2, 0) is 6.42 Å². The summed E-state index contributed by atoms with van der Waals surface area (Å²) in [5, 5.41) is 3.57. The van der Waals surface area contributed by atoms with Gasteiger partial charge in [-0.05, 0) is 48.9 Å². The quantitative estimate of drug-likeness (QED) is 0.800. The first-order chi connectivity index (χ1) is 8.40. The van der Waals surface area contributed by atoms with Crippen molar-refractivity contribution in [3.63, 3.8) is 0 Å². The molecule has 1 atom stereocenters. The molecule has 0 amide bonds. The second kappa shape index (κ2) is 6.89. The van der Waals surface area contributed by atoms with Gasteiger partial charge in [0.25, 0.3) is 0 Å². The van der Waals surface area contributed by atoms with E-state index in [2.05, 4.69) is 33.0 Å². The molecule has 0 fully saturated rings. The molecule has 1 aromatic carbocycles. The molecule has 0 aromatic heterocycles. The molecule has 1 nitrogen and oxygen atoms in total. The molecule has 0 saturated carbocycles. The van der Waals surface area contributed by atoms with Crippen LogP contribution in [0.15, 0.2) is 24.3 Å². The summed E-state index contributed by atoms with van der Waals surface area (Å²) in [6, 6.07) is 7.36. The fraction of sp³-hybridized carbons (Fsp3) is 0.625. The van der Waals surface area contributed by atoms with Crippen LogP contribution in [0.3, 0.4) is 0 Å². The number of rotatable bonds is 6. The summed E-state index contributed by atoms with van der Waals surface area (Å²) >= 11 is 0. The second-order valence-corrected chi connectivity index (χ2v) is 6.25. The molecule has 0 aliphatic heterocycles. The maximum Gasteiger partial charge on any atom is 0.123 e. The van der Waals surface area contributed by atoms with Gasteiger partial charge in [-0.15, -0.1) is 0 Å². The maximum atomic E-state index is 13.2. The van der Waals surface area contributed by atoms with E-state index in [1.54, 1.807) is 12.1 Å². The number of hydrogen-bond donors (Lipinski definition) is 1. The molecule has 0 radical (unpaired) electrons. The van der Waals surface area contributed by atoms with Gasteiger partial charge in [0.05, 0.1) is 0 Å². The molecule has 0 saturated heterocycles. The van der Waals surface area contributed by atoms with Gasteiger partial charge in [-0.3, -0.25) is 0 Å². The summed E-state index contributed by atoms with van der Waals surface area (Å²) in [6.45, 7) is 9.94. The summed E-state index contributed by atoms with van der Waals surface area (Å²) in [5.74, 6) is -0.141. The third-order valence-corrected chi connectivity index (χ3v) is 2.91. The van der Waals surface area contributed by atoms with Gasteiger partial charge >= 0.3 is 0 Å². The molecule has 0 heterocycles. The van der Waals surface area contributed by atoms with Crippen LogP contribution >= 0.6 is 0 Å². The maximum absolute atomic E-state index is 13.2. The van der Waals surface area contributed by atoms with Gasteiger partial charge in [-0.2, -0.15) is 0 Å². The fourth-order valence-corrected chi connectivity index (χ4v) is 2.25. The van der Waals surface area contributed by atoms with E-state index in [4.69, 9.17) is 0 Å². The van der Waals surface area contributed by atoms with Crippen LogP contribution in [0.4, 0.5) is 4.39 Å². The topological polar surface area (TPSA) is 12.0 Å². The lowest BCUT2D eigenvalue weighted by molar-refractivity contribution is 0.306. The fourth-order valence-electron chi connectivity index (χ4n) is 2.25. The molecule has 1 rings (SSSR count). The molecule has 0 bridgehead atoms. The molecular weight excluding hydrogens is 225 g/mol. The van der Waals surface area contributed by atoms with Crippen LogP contribution in [-0.4, -0.2) is 12.6 Å². The molecule has 0 aliphatic rings. The zero-order valence-electron chi connectivity index (χ0n) is 12.1. The van der Waals surface area contributed by atoms with Gasteiger partial charge in [-0.25, -0.2) is 4.39 Å². The minimum atomic E-state index is -0.141. The average molecular weight is 251 g/mol. The minimum absolute atomic E-state index is 0.141. The van der Waals surface area contributed by atoms with Gasteiger partial charge in [0.15, 0.2) is 0 Å². The Balaban J connectivity index is 2.65. The van der Waals surface area contributed by atoms with Crippen LogP contribution in [0, 0.1) is 11.2 Å². The highest BCUT2D eigenvalue weighted by Crippen LogP contribution is 2.22. The van der Waals surface area contributed by atoms with Gasteiger partial charge in [0, 0.05) is 6.04 Å². The summed E-state index contributed by atoms with van der Waals surface area (Å²) in [4.78, 5) is 0. The van der Waals surface area contributed by atoms with Crippen LogP contribution in [0.2, 0.25) is 0 Å². The Morgan fingerprint density at radius 2 is 2.00 bits per heavy atom. The SMILES string of the molecule is CCCNC(Cc1cccc(F)c1)CC(C)(C)C. The predicted octanol–water partition coefficient (Wildman–Crippen LogP) is 4.17. The predicted molar refractivity (Wildman–Crippen MR) is 76.3 cm³/mol. The molecule has 1 N–H and O–H groups in total. The van der Waals surface area contributed by atoms with Crippen LogP contribution in [0.25, 0.3) is 0 Å². The van der Waals surface area contributed by atoms with Gasteiger partial charge in [0.1, 0.15) is 5.82 Å². The number of halogens is 1. The van der Waals surface area contributed by atoms with Crippen molar-refractivity contribution in [3.05, 3.63) is 35.6 Å². The van der Waals surface area contributed by atoms with E-state index in [9.17, 15) is 4.39 Å². The van der Waals surface area contributed by atoms with E-state index in [1.165, 1.54) is 6.07 Å². The first kappa shape index (κ1) is 15.2. The molecule has 2 heteroatoms. The lowest BCUT2D eigenvalue weighted by Crippen LogP contribution is -2.35. The summed E-state index contributed by atoms with van der Waals surface area (Å²) in [6.07, 6.45) is 3.13. The largest absolute Gasteiger partial charge is 0.314 e. The standard InChI is InChI=1S/C16H26FN/c1-5-9-18-15(12-16(2,3)4)11-13-7-6-8-14(17)10-13/h6-8,10,15,18H,5,9,11-12H2,1-4H3. The van der Waals surface area contributed by atoms with Gasteiger partial charge in [-0.1, -0.05) is 39.8 Å². The lowest BCUT2D eigenvalue weighted by Gasteiger charge is -2.27. The van der Waals surface area contributed by atoms with E-state index in [0.717, 1.165) is 31.4 Å². The lowest BCUT2D eigenvalue weighted by atomic mass is 9.86. The monoisotopic (exact) mass is 251 g/mol. The van der Waals surface area contributed by atoms with Crippen molar-refractivity contribution in [1.29, 1.82) is 0 Å². The zero-order valence-corrected chi connectivity index (χ0v) is 12.1. The highest BCUT2D eigenvalue weighted by molar-refractivity contribution is 5.17. The summed E-state index contributed by atoms with van der Waals surface area (Å²) in [7, 11) is 0. The summed E-state index contributed by atoms with van der Waals surface area (Å²) < 4.78 is 13.2. The average Bonchev–Trinajstić information content (AvgIpc) is 2.24. The van der Waals surface area contributed by atoms with Crippen molar-refractivity contribution in [1.82, 2.24) is 5.32 Å². The molecule has 1 aromatic rings. The van der Waals surface area contributed by atoms with Crippen molar-refractivity contribution in [2.75, 3.05) is 6.54 Å². The Bertz CT molecular complexity index is 354. The van der Waals surface area contributed by atoms with Gasteiger partial charge in [0.2, 0.25) is 0 Å². The van der Waals surface area contributed by atoms with E-state index in [0.29, 0.717) is 11.5 Å². The van der Waals surface area contributed by atoms with Crippen molar-refractivity contribution >= 4 is 0 Å². The second-order valence-electron chi connectivity index (χ2n) is 6.25. The smallest absolute Gasteiger partial charge is 0.123 e. The zero-order chi connectivity index (χ0) is 13.6. The van der Waals surface area contributed by atoms with Crippen molar-refractivity contribution in [2.45, 2.75) is 53.0 Å². The normalized spacial score (nSPS) is 13.6. The molecule has 0 spiro atoms. The Labute approximate surface area is 111 Å². The first-order valence-electron chi connectivity index (χ1n) is 6.88. The molecule has 0 aliphatic carbocycles. The Morgan fingerprint density at radius 1 is 1.28 bits per heavy atom.